The smallest absolute Gasteiger partial charge is 0.260 e. The molecule has 8 heteroatoms. The Morgan fingerprint density at radius 3 is 2.24 bits per heavy atom. The van der Waals surface area contributed by atoms with Gasteiger partial charge in [0.1, 0.15) is 5.75 Å². The van der Waals surface area contributed by atoms with Crippen LogP contribution in [0.5, 0.6) is 5.75 Å². The third-order valence-electron chi connectivity index (χ3n) is 4.00. The number of amides is 2. The van der Waals surface area contributed by atoms with Gasteiger partial charge in [0.05, 0.1) is 5.02 Å². The Morgan fingerprint density at radius 2 is 1.68 bits per heavy atom. The summed E-state index contributed by atoms with van der Waals surface area (Å²) in [6.45, 7) is 2.79. The highest BCUT2D eigenvalue weighted by Gasteiger charge is 2.24. The second-order valence-electron chi connectivity index (χ2n) is 6.18. The Hall–Kier alpha value is -1.50. The molecule has 0 radical (unpaired) electrons. The van der Waals surface area contributed by atoms with Gasteiger partial charge < -0.3 is 19.4 Å². The number of carbonyl (C=O) groups is 2. The van der Waals surface area contributed by atoms with Crippen LogP contribution in [0, 0.1) is 0 Å². The van der Waals surface area contributed by atoms with Gasteiger partial charge in [0.15, 0.2) is 6.61 Å². The molecule has 0 aliphatic carbocycles. The molecular weight excluding hydrogens is 365 g/mol. The zero-order valence-corrected chi connectivity index (χ0v) is 16.0. The molecule has 2 rings (SSSR count). The molecule has 0 saturated carbocycles. The van der Waals surface area contributed by atoms with Crippen LogP contribution in [0.4, 0.5) is 0 Å². The van der Waals surface area contributed by atoms with Gasteiger partial charge in [0.2, 0.25) is 5.91 Å². The number of piperazine rings is 1. The highest BCUT2D eigenvalue weighted by molar-refractivity contribution is 6.35. The summed E-state index contributed by atoms with van der Waals surface area (Å²) >= 11 is 11.9. The Bertz CT molecular complexity index is 617. The molecule has 0 atom stereocenters. The number of carbonyl (C=O) groups excluding carboxylic acids is 2. The van der Waals surface area contributed by atoms with Crippen LogP contribution < -0.4 is 4.74 Å². The molecule has 0 aromatic heterocycles. The first-order valence-corrected chi connectivity index (χ1v) is 8.90. The summed E-state index contributed by atoms with van der Waals surface area (Å²) in [5.74, 6) is 0.438. The van der Waals surface area contributed by atoms with E-state index in [0.29, 0.717) is 48.4 Å². The molecule has 1 saturated heterocycles. The van der Waals surface area contributed by atoms with Crippen molar-refractivity contribution < 1.29 is 14.3 Å². The molecule has 6 nitrogen and oxygen atoms in total. The van der Waals surface area contributed by atoms with Crippen molar-refractivity contribution in [3.8, 4) is 5.75 Å². The highest BCUT2D eigenvalue weighted by atomic mass is 35.5. The summed E-state index contributed by atoms with van der Waals surface area (Å²) < 4.78 is 5.48. The molecule has 1 heterocycles. The van der Waals surface area contributed by atoms with Gasteiger partial charge in [-0.25, -0.2) is 0 Å². The number of ether oxygens (including phenoxy) is 1. The molecule has 0 N–H and O–H groups in total. The number of hydrogen-bond acceptors (Lipinski definition) is 4. The second kappa shape index (κ2) is 9.27. The molecule has 2 amide bonds. The van der Waals surface area contributed by atoms with E-state index in [1.165, 1.54) is 0 Å². The molecular formula is C17H23Cl2N3O3. The van der Waals surface area contributed by atoms with Crippen molar-refractivity contribution in [1.82, 2.24) is 14.7 Å². The van der Waals surface area contributed by atoms with E-state index in [1.54, 1.807) is 23.1 Å². The van der Waals surface area contributed by atoms with Crippen LogP contribution in [0.2, 0.25) is 10.0 Å². The van der Waals surface area contributed by atoms with E-state index in [0.717, 1.165) is 6.54 Å². The van der Waals surface area contributed by atoms with Crippen molar-refractivity contribution in [2.24, 2.45) is 0 Å². The zero-order chi connectivity index (χ0) is 18.4. The molecule has 0 bridgehead atoms. The van der Waals surface area contributed by atoms with Crippen LogP contribution in [-0.4, -0.2) is 79.9 Å². The van der Waals surface area contributed by atoms with Crippen LogP contribution >= 0.6 is 23.2 Å². The summed E-state index contributed by atoms with van der Waals surface area (Å²) in [7, 11) is 3.88. The predicted molar refractivity (Wildman–Crippen MR) is 98.3 cm³/mol. The Morgan fingerprint density at radius 1 is 1.08 bits per heavy atom. The lowest BCUT2D eigenvalue weighted by Gasteiger charge is -2.35. The number of halogens is 2. The Balaban J connectivity index is 1.76. The predicted octanol–water partition coefficient (Wildman–Crippen LogP) is 1.99. The first-order valence-electron chi connectivity index (χ1n) is 8.15. The highest BCUT2D eigenvalue weighted by Crippen LogP contribution is 2.27. The van der Waals surface area contributed by atoms with Gasteiger partial charge in [-0.2, -0.15) is 0 Å². The lowest BCUT2D eigenvalue weighted by atomic mass is 10.2. The molecule has 1 aliphatic rings. The summed E-state index contributed by atoms with van der Waals surface area (Å²) in [5, 5.41) is 0.885. The minimum absolute atomic E-state index is 0.0874. The molecule has 1 aromatic rings. The summed E-state index contributed by atoms with van der Waals surface area (Å²) in [6, 6.07) is 4.87. The van der Waals surface area contributed by atoms with Gasteiger partial charge in [-0.05, 0) is 32.3 Å². The fourth-order valence-electron chi connectivity index (χ4n) is 2.51. The first kappa shape index (κ1) is 19.8. The van der Waals surface area contributed by atoms with Crippen LogP contribution in [0.1, 0.15) is 6.42 Å². The van der Waals surface area contributed by atoms with E-state index in [1.807, 2.05) is 23.9 Å². The molecule has 1 fully saturated rings. The summed E-state index contributed by atoms with van der Waals surface area (Å²) in [5.41, 5.74) is 0. The fraction of sp³-hybridized carbons (Fsp3) is 0.529. The van der Waals surface area contributed by atoms with Crippen molar-refractivity contribution >= 4 is 35.0 Å². The van der Waals surface area contributed by atoms with Gasteiger partial charge in [0.25, 0.3) is 5.91 Å². The van der Waals surface area contributed by atoms with Gasteiger partial charge in [0, 0.05) is 44.2 Å². The van der Waals surface area contributed by atoms with Crippen molar-refractivity contribution in [2.45, 2.75) is 6.42 Å². The zero-order valence-electron chi connectivity index (χ0n) is 14.5. The van der Waals surface area contributed by atoms with Gasteiger partial charge in [-0.1, -0.05) is 23.2 Å². The largest absolute Gasteiger partial charge is 0.482 e. The first-order chi connectivity index (χ1) is 11.9. The Labute approximate surface area is 158 Å². The van der Waals surface area contributed by atoms with E-state index >= 15 is 0 Å². The molecule has 0 spiro atoms. The number of nitrogens with zero attached hydrogens (tertiary/aromatic N) is 3. The number of hydrogen-bond donors (Lipinski definition) is 0. The second-order valence-corrected chi connectivity index (χ2v) is 7.02. The van der Waals surface area contributed by atoms with Gasteiger partial charge in [-0.3, -0.25) is 9.59 Å². The van der Waals surface area contributed by atoms with Crippen LogP contribution in [0.25, 0.3) is 0 Å². The average molecular weight is 388 g/mol. The van der Waals surface area contributed by atoms with E-state index in [-0.39, 0.29) is 18.4 Å². The molecule has 1 aromatic carbocycles. The minimum Gasteiger partial charge on any atom is -0.482 e. The molecule has 25 heavy (non-hydrogen) atoms. The molecule has 0 unspecified atom stereocenters. The normalized spacial score (nSPS) is 14.8. The van der Waals surface area contributed by atoms with Crippen LogP contribution in [0.3, 0.4) is 0 Å². The minimum atomic E-state index is -0.119. The van der Waals surface area contributed by atoms with E-state index in [9.17, 15) is 9.59 Å². The average Bonchev–Trinajstić information content (AvgIpc) is 2.58. The van der Waals surface area contributed by atoms with Crippen molar-refractivity contribution in [3.05, 3.63) is 28.2 Å². The van der Waals surface area contributed by atoms with E-state index in [4.69, 9.17) is 27.9 Å². The Kier molecular flexibility index (Phi) is 7.35. The standard InChI is InChI=1S/C17H23Cl2N3O3/c1-20(2)6-5-16(23)21-7-9-22(10-8-21)17(24)12-25-15-4-3-13(18)11-14(15)19/h3-4,11H,5-10,12H2,1-2H3. The van der Waals surface area contributed by atoms with Crippen LogP contribution in [0.15, 0.2) is 18.2 Å². The monoisotopic (exact) mass is 387 g/mol. The van der Waals surface area contributed by atoms with Crippen molar-refractivity contribution in [3.63, 3.8) is 0 Å². The van der Waals surface area contributed by atoms with Crippen molar-refractivity contribution in [1.29, 1.82) is 0 Å². The van der Waals surface area contributed by atoms with Crippen molar-refractivity contribution in [2.75, 3.05) is 53.4 Å². The molecule has 1 aliphatic heterocycles. The maximum atomic E-state index is 12.3. The number of rotatable bonds is 6. The molecule has 138 valence electrons. The third-order valence-corrected chi connectivity index (χ3v) is 4.53. The van der Waals surface area contributed by atoms with E-state index < -0.39 is 0 Å². The van der Waals surface area contributed by atoms with E-state index in [2.05, 4.69) is 0 Å². The quantitative estimate of drug-likeness (QED) is 0.748. The third kappa shape index (κ3) is 6.06. The van der Waals surface area contributed by atoms with Crippen LogP contribution in [-0.2, 0) is 9.59 Å². The van der Waals surface area contributed by atoms with Gasteiger partial charge >= 0.3 is 0 Å². The fourth-order valence-corrected chi connectivity index (χ4v) is 2.97. The maximum absolute atomic E-state index is 12.3. The topological polar surface area (TPSA) is 53.1 Å². The van der Waals surface area contributed by atoms with Gasteiger partial charge in [-0.15, -0.1) is 0 Å². The lowest BCUT2D eigenvalue weighted by Crippen LogP contribution is -2.51. The number of benzene rings is 1. The SMILES string of the molecule is CN(C)CCC(=O)N1CCN(C(=O)COc2ccc(Cl)cc2Cl)CC1. The summed E-state index contributed by atoms with van der Waals surface area (Å²) in [4.78, 5) is 29.9. The summed E-state index contributed by atoms with van der Waals surface area (Å²) in [6.07, 6.45) is 0.499. The lowest BCUT2D eigenvalue weighted by molar-refractivity contribution is -0.140. The maximum Gasteiger partial charge on any atom is 0.260 e.